The number of aliphatic carboxylic acids is 1. The van der Waals surface area contributed by atoms with E-state index in [2.05, 4.69) is 5.10 Å². The van der Waals surface area contributed by atoms with Crippen LogP contribution in [0.4, 0.5) is 0 Å². The first-order valence-electron chi connectivity index (χ1n) is 6.73. The van der Waals surface area contributed by atoms with Crippen LogP contribution in [0.5, 0.6) is 0 Å². The summed E-state index contributed by atoms with van der Waals surface area (Å²) in [5.74, 6) is -0.990. The van der Waals surface area contributed by atoms with Gasteiger partial charge in [0.15, 0.2) is 0 Å². The fraction of sp³-hybridized carbons (Fsp3) is 0.615. The Morgan fingerprint density at radius 1 is 1.40 bits per heavy atom. The lowest BCUT2D eigenvalue weighted by Crippen LogP contribution is -2.45. The summed E-state index contributed by atoms with van der Waals surface area (Å²) in [5, 5.41) is 12.8. The second-order valence-corrected chi connectivity index (χ2v) is 4.78. The molecule has 0 spiro atoms. The molecule has 7 nitrogen and oxygen atoms in total. The number of carbonyl (C=O) groups is 2. The molecular weight excluding hydrogens is 262 g/mol. The van der Waals surface area contributed by atoms with Gasteiger partial charge in [-0.15, -0.1) is 0 Å². The molecule has 0 unspecified atom stereocenters. The third kappa shape index (κ3) is 4.06. The zero-order chi connectivity index (χ0) is 14.4. The van der Waals surface area contributed by atoms with Gasteiger partial charge in [0.05, 0.1) is 6.42 Å². The van der Waals surface area contributed by atoms with Crippen LogP contribution < -0.4 is 0 Å². The Kier molecular flexibility index (Phi) is 5.11. The molecule has 0 radical (unpaired) electrons. The third-order valence-electron chi connectivity index (χ3n) is 3.37. The highest BCUT2D eigenvalue weighted by molar-refractivity contribution is 5.77. The molecule has 1 aromatic rings. The average molecular weight is 281 g/mol. The number of carbonyl (C=O) groups excluding carboxylic acids is 1. The third-order valence-corrected chi connectivity index (χ3v) is 3.37. The molecule has 110 valence electrons. The molecule has 1 amide bonds. The number of rotatable bonds is 6. The summed E-state index contributed by atoms with van der Waals surface area (Å²) in [6, 6.07) is 1.81. The SMILES string of the molecule is O=C(O)CCN(C(=O)Cn1cccn1)C1CCOCC1. The quantitative estimate of drug-likeness (QED) is 0.814. The highest BCUT2D eigenvalue weighted by Crippen LogP contribution is 2.15. The average Bonchev–Trinajstić information content (AvgIpc) is 2.92. The molecule has 1 aliphatic heterocycles. The molecule has 0 atom stereocenters. The number of carboxylic acids is 1. The maximum atomic E-state index is 12.4. The first kappa shape index (κ1) is 14.5. The van der Waals surface area contributed by atoms with E-state index in [-0.39, 0.29) is 31.5 Å². The predicted molar refractivity (Wildman–Crippen MR) is 70.0 cm³/mol. The number of nitrogens with zero attached hydrogens (tertiary/aromatic N) is 3. The van der Waals surface area contributed by atoms with Gasteiger partial charge in [0.25, 0.3) is 0 Å². The van der Waals surface area contributed by atoms with E-state index < -0.39 is 5.97 Å². The maximum absolute atomic E-state index is 12.4. The summed E-state index contributed by atoms with van der Waals surface area (Å²) in [6.45, 7) is 1.61. The Hall–Kier alpha value is -1.89. The van der Waals surface area contributed by atoms with Crippen LogP contribution in [-0.4, -0.2) is 57.5 Å². The summed E-state index contributed by atoms with van der Waals surface area (Å²) < 4.78 is 6.84. The molecule has 0 saturated carbocycles. The van der Waals surface area contributed by atoms with Crippen LogP contribution in [0, 0.1) is 0 Å². The van der Waals surface area contributed by atoms with Crippen molar-refractivity contribution in [2.45, 2.75) is 31.8 Å². The first-order valence-corrected chi connectivity index (χ1v) is 6.73. The molecule has 1 saturated heterocycles. The van der Waals surface area contributed by atoms with E-state index in [0.717, 1.165) is 12.8 Å². The number of ether oxygens (including phenoxy) is 1. The van der Waals surface area contributed by atoms with E-state index in [4.69, 9.17) is 9.84 Å². The van der Waals surface area contributed by atoms with Gasteiger partial charge in [-0.25, -0.2) is 0 Å². The molecule has 0 bridgehead atoms. The van der Waals surface area contributed by atoms with E-state index in [0.29, 0.717) is 13.2 Å². The fourth-order valence-corrected chi connectivity index (χ4v) is 2.35. The molecule has 1 aliphatic rings. The monoisotopic (exact) mass is 281 g/mol. The van der Waals surface area contributed by atoms with Crippen LogP contribution in [0.15, 0.2) is 18.5 Å². The van der Waals surface area contributed by atoms with Gasteiger partial charge in [0.2, 0.25) is 5.91 Å². The number of hydrogen-bond acceptors (Lipinski definition) is 4. The number of carboxylic acid groups (broad SMARTS) is 1. The van der Waals surface area contributed by atoms with Crippen LogP contribution in [0.3, 0.4) is 0 Å². The van der Waals surface area contributed by atoms with Gasteiger partial charge in [0.1, 0.15) is 6.54 Å². The molecule has 0 aromatic carbocycles. The second-order valence-electron chi connectivity index (χ2n) is 4.78. The Morgan fingerprint density at radius 3 is 2.75 bits per heavy atom. The molecule has 7 heteroatoms. The van der Waals surface area contributed by atoms with E-state index in [9.17, 15) is 9.59 Å². The Balaban J connectivity index is 1.99. The zero-order valence-electron chi connectivity index (χ0n) is 11.3. The number of amides is 1. The van der Waals surface area contributed by atoms with Crippen molar-refractivity contribution in [3.05, 3.63) is 18.5 Å². The molecular formula is C13H19N3O4. The highest BCUT2D eigenvalue weighted by atomic mass is 16.5. The summed E-state index contributed by atoms with van der Waals surface area (Å²) in [6.07, 6.45) is 4.80. The first-order chi connectivity index (χ1) is 9.66. The predicted octanol–water partition coefficient (Wildman–Crippen LogP) is 0.365. The number of aromatic nitrogens is 2. The number of hydrogen-bond donors (Lipinski definition) is 1. The molecule has 20 heavy (non-hydrogen) atoms. The van der Waals surface area contributed by atoms with Crippen LogP contribution in [0.25, 0.3) is 0 Å². The maximum Gasteiger partial charge on any atom is 0.305 e. The lowest BCUT2D eigenvalue weighted by Gasteiger charge is -2.34. The van der Waals surface area contributed by atoms with Crippen molar-refractivity contribution in [3.8, 4) is 0 Å². The van der Waals surface area contributed by atoms with Crippen molar-refractivity contribution in [3.63, 3.8) is 0 Å². The smallest absolute Gasteiger partial charge is 0.305 e. The molecule has 2 rings (SSSR count). The summed E-state index contributed by atoms with van der Waals surface area (Å²) >= 11 is 0. The van der Waals surface area contributed by atoms with Crippen molar-refractivity contribution >= 4 is 11.9 Å². The lowest BCUT2D eigenvalue weighted by molar-refractivity contribution is -0.140. The van der Waals surface area contributed by atoms with Gasteiger partial charge in [-0.1, -0.05) is 0 Å². The molecule has 1 fully saturated rings. The van der Waals surface area contributed by atoms with Crippen molar-refractivity contribution in [1.82, 2.24) is 14.7 Å². The van der Waals surface area contributed by atoms with Gasteiger partial charge in [-0.3, -0.25) is 14.3 Å². The minimum absolute atomic E-state index is 0.0395. The van der Waals surface area contributed by atoms with Gasteiger partial charge >= 0.3 is 5.97 Å². The minimum Gasteiger partial charge on any atom is -0.481 e. The summed E-state index contributed by atoms with van der Waals surface area (Å²) in [7, 11) is 0. The minimum atomic E-state index is -0.894. The van der Waals surface area contributed by atoms with Crippen LogP contribution in [-0.2, 0) is 20.9 Å². The van der Waals surface area contributed by atoms with E-state index in [1.807, 2.05) is 0 Å². The normalized spacial score (nSPS) is 16.0. The Labute approximate surface area is 117 Å². The fourth-order valence-electron chi connectivity index (χ4n) is 2.35. The van der Waals surface area contributed by atoms with Gasteiger partial charge < -0.3 is 14.7 Å². The van der Waals surface area contributed by atoms with E-state index in [1.165, 1.54) is 0 Å². The van der Waals surface area contributed by atoms with Crippen LogP contribution in [0.1, 0.15) is 19.3 Å². The van der Waals surface area contributed by atoms with E-state index in [1.54, 1.807) is 28.0 Å². The Morgan fingerprint density at radius 2 is 2.15 bits per heavy atom. The molecule has 2 heterocycles. The Bertz CT molecular complexity index is 440. The van der Waals surface area contributed by atoms with Gasteiger partial charge in [0, 0.05) is 38.2 Å². The van der Waals surface area contributed by atoms with Crippen molar-refractivity contribution in [2.24, 2.45) is 0 Å². The molecule has 0 aliphatic carbocycles. The van der Waals surface area contributed by atoms with Crippen molar-refractivity contribution in [2.75, 3.05) is 19.8 Å². The molecule has 1 N–H and O–H groups in total. The second kappa shape index (κ2) is 7.04. The van der Waals surface area contributed by atoms with Crippen LogP contribution in [0.2, 0.25) is 0 Å². The summed E-state index contributed by atoms with van der Waals surface area (Å²) in [5.41, 5.74) is 0. The standard InChI is InChI=1S/C13H19N3O4/c17-12(10-15-6-1-5-14-15)16(7-2-13(18)19)11-3-8-20-9-4-11/h1,5-6,11H,2-4,7-10H2,(H,18,19). The largest absolute Gasteiger partial charge is 0.481 e. The van der Waals surface area contributed by atoms with Crippen LogP contribution >= 0.6 is 0 Å². The highest BCUT2D eigenvalue weighted by Gasteiger charge is 2.26. The van der Waals surface area contributed by atoms with Gasteiger partial charge in [-0.2, -0.15) is 5.10 Å². The van der Waals surface area contributed by atoms with Crippen molar-refractivity contribution < 1.29 is 19.4 Å². The lowest BCUT2D eigenvalue weighted by atomic mass is 10.1. The van der Waals surface area contributed by atoms with E-state index >= 15 is 0 Å². The van der Waals surface area contributed by atoms with Crippen molar-refractivity contribution in [1.29, 1.82) is 0 Å². The van der Waals surface area contributed by atoms with Gasteiger partial charge in [-0.05, 0) is 18.9 Å². The topological polar surface area (TPSA) is 84.7 Å². The zero-order valence-corrected chi connectivity index (χ0v) is 11.3. The summed E-state index contributed by atoms with van der Waals surface area (Å²) in [4.78, 5) is 24.8. The molecule has 1 aromatic heterocycles.